The van der Waals surface area contributed by atoms with Crippen LogP contribution in [0.2, 0.25) is 5.02 Å². The van der Waals surface area contributed by atoms with E-state index in [-0.39, 0.29) is 11.8 Å². The Kier molecular flexibility index (Phi) is 5.27. The first-order chi connectivity index (χ1) is 11.6. The fourth-order valence-corrected chi connectivity index (χ4v) is 3.11. The van der Waals surface area contributed by atoms with Crippen molar-refractivity contribution in [1.29, 1.82) is 0 Å². The van der Waals surface area contributed by atoms with Gasteiger partial charge in [-0.1, -0.05) is 11.6 Å². The summed E-state index contributed by atoms with van der Waals surface area (Å²) in [5.41, 5.74) is 1.18. The number of amides is 2. The summed E-state index contributed by atoms with van der Waals surface area (Å²) in [7, 11) is 0. The Hall–Kier alpha value is -2.18. The molecule has 124 valence electrons. The van der Waals surface area contributed by atoms with E-state index >= 15 is 0 Å². The number of nitrogens with one attached hydrogen (secondary N) is 2. The molecule has 2 aromatic rings. The van der Waals surface area contributed by atoms with E-state index in [0.717, 1.165) is 4.90 Å². The highest BCUT2D eigenvalue weighted by Gasteiger charge is 2.17. The monoisotopic (exact) mass is 362 g/mol. The number of hydrogen-bond donors (Lipinski definition) is 2. The molecule has 3 rings (SSSR count). The molecule has 1 aliphatic heterocycles. The van der Waals surface area contributed by atoms with Crippen molar-refractivity contribution in [1.82, 2.24) is 5.32 Å². The number of rotatable bonds is 5. The van der Waals surface area contributed by atoms with Gasteiger partial charge in [0.25, 0.3) is 5.91 Å². The minimum Gasteiger partial charge on any atom is -0.492 e. The Morgan fingerprint density at radius 3 is 2.83 bits per heavy atom. The quantitative estimate of drug-likeness (QED) is 0.801. The van der Waals surface area contributed by atoms with Gasteiger partial charge in [0.05, 0.1) is 18.0 Å². The molecule has 5 nitrogen and oxygen atoms in total. The van der Waals surface area contributed by atoms with Crippen molar-refractivity contribution in [2.45, 2.75) is 4.90 Å². The van der Waals surface area contributed by atoms with Crippen LogP contribution in [0.5, 0.6) is 5.75 Å². The number of benzene rings is 2. The SMILES string of the molecule is O=C1CSc2ccc(C(=O)NCCOc3ccc(Cl)cc3)cc2N1. The lowest BCUT2D eigenvalue weighted by atomic mass is 10.2. The maximum absolute atomic E-state index is 12.2. The van der Waals surface area contributed by atoms with Crippen molar-refractivity contribution in [2.24, 2.45) is 0 Å². The Morgan fingerprint density at radius 2 is 2.04 bits per heavy atom. The molecular weight excluding hydrogens is 348 g/mol. The third-order valence-corrected chi connectivity index (χ3v) is 4.67. The Labute approximate surface area is 148 Å². The summed E-state index contributed by atoms with van der Waals surface area (Å²) in [6.45, 7) is 0.727. The van der Waals surface area contributed by atoms with Gasteiger partial charge in [-0.3, -0.25) is 9.59 Å². The molecule has 0 fully saturated rings. The van der Waals surface area contributed by atoms with Crippen molar-refractivity contribution in [3.05, 3.63) is 53.1 Å². The zero-order valence-corrected chi connectivity index (χ0v) is 14.2. The fraction of sp³-hybridized carbons (Fsp3) is 0.176. The van der Waals surface area contributed by atoms with Crippen LogP contribution in [0.15, 0.2) is 47.4 Å². The lowest BCUT2D eigenvalue weighted by Gasteiger charge is -2.17. The number of hydrogen-bond acceptors (Lipinski definition) is 4. The highest BCUT2D eigenvalue weighted by molar-refractivity contribution is 8.00. The second-order valence-electron chi connectivity index (χ2n) is 5.11. The van der Waals surface area contributed by atoms with Gasteiger partial charge in [-0.25, -0.2) is 0 Å². The second-order valence-corrected chi connectivity index (χ2v) is 6.56. The molecule has 7 heteroatoms. The van der Waals surface area contributed by atoms with E-state index in [1.54, 1.807) is 36.4 Å². The molecule has 0 bridgehead atoms. The molecule has 2 N–H and O–H groups in total. The molecule has 0 saturated carbocycles. The molecule has 0 saturated heterocycles. The van der Waals surface area contributed by atoms with Crippen LogP contribution >= 0.6 is 23.4 Å². The number of ether oxygens (including phenoxy) is 1. The standard InChI is InChI=1S/C17H15ClN2O3S/c18-12-2-4-13(5-3-12)23-8-7-19-17(22)11-1-6-15-14(9-11)20-16(21)10-24-15/h1-6,9H,7-8,10H2,(H,19,22)(H,20,21). The first kappa shape index (κ1) is 16.7. The predicted molar refractivity (Wildman–Crippen MR) is 95.1 cm³/mol. The number of carbonyl (C=O) groups is 2. The molecule has 0 atom stereocenters. The van der Waals surface area contributed by atoms with E-state index in [1.165, 1.54) is 11.8 Å². The zero-order valence-electron chi connectivity index (χ0n) is 12.7. The largest absolute Gasteiger partial charge is 0.492 e. The zero-order chi connectivity index (χ0) is 16.9. The predicted octanol–water partition coefficient (Wildman–Crippen LogP) is 3.19. The lowest BCUT2D eigenvalue weighted by Crippen LogP contribution is -2.28. The summed E-state index contributed by atoms with van der Waals surface area (Å²) < 4.78 is 5.52. The van der Waals surface area contributed by atoms with Gasteiger partial charge in [-0.05, 0) is 42.5 Å². The molecule has 0 spiro atoms. The highest BCUT2D eigenvalue weighted by Crippen LogP contribution is 2.31. The molecule has 1 heterocycles. The van der Waals surface area contributed by atoms with Gasteiger partial charge in [0.1, 0.15) is 12.4 Å². The Balaban J connectivity index is 1.51. The molecule has 0 aliphatic carbocycles. The van der Waals surface area contributed by atoms with Gasteiger partial charge in [0.2, 0.25) is 5.91 Å². The van der Waals surface area contributed by atoms with Crippen molar-refractivity contribution in [3.63, 3.8) is 0 Å². The number of halogens is 1. The maximum atomic E-state index is 12.2. The molecule has 0 radical (unpaired) electrons. The van der Waals surface area contributed by atoms with E-state index in [4.69, 9.17) is 16.3 Å². The third-order valence-electron chi connectivity index (χ3n) is 3.34. The number of carbonyl (C=O) groups excluding carboxylic acids is 2. The van der Waals surface area contributed by atoms with E-state index in [9.17, 15) is 9.59 Å². The normalized spacial score (nSPS) is 13.0. The summed E-state index contributed by atoms with van der Waals surface area (Å²) >= 11 is 7.27. The minimum atomic E-state index is -0.206. The molecule has 1 aliphatic rings. The third kappa shape index (κ3) is 4.21. The van der Waals surface area contributed by atoms with E-state index in [1.807, 2.05) is 6.07 Å². The summed E-state index contributed by atoms with van der Waals surface area (Å²) in [5, 5.41) is 6.21. The highest BCUT2D eigenvalue weighted by atomic mass is 35.5. The first-order valence-electron chi connectivity index (χ1n) is 7.35. The molecule has 2 aromatic carbocycles. The molecular formula is C17H15ClN2O3S. The van der Waals surface area contributed by atoms with Crippen LogP contribution in [0, 0.1) is 0 Å². The van der Waals surface area contributed by atoms with Crippen LogP contribution < -0.4 is 15.4 Å². The van der Waals surface area contributed by atoms with Gasteiger partial charge in [-0.15, -0.1) is 11.8 Å². The van der Waals surface area contributed by atoms with Crippen molar-refractivity contribution in [2.75, 3.05) is 24.2 Å². The van der Waals surface area contributed by atoms with Gasteiger partial charge in [-0.2, -0.15) is 0 Å². The maximum Gasteiger partial charge on any atom is 0.251 e. The number of thioether (sulfide) groups is 1. The van der Waals surface area contributed by atoms with E-state index in [0.29, 0.717) is 40.9 Å². The minimum absolute atomic E-state index is 0.0542. The van der Waals surface area contributed by atoms with Crippen LogP contribution in [0.1, 0.15) is 10.4 Å². The van der Waals surface area contributed by atoms with Crippen LogP contribution in [0.3, 0.4) is 0 Å². The molecule has 24 heavy (non-hydrogen) atoms. The van der Waals surface area contributed by atoms with E-state index in [2.05, 4.69) is 10.6 Å². The van der Waals surface area contributed by atoms with Crippen LogP contribution in [0.25, 0.3) is 0 Å². The van der Waals surface area contributed by atoms with Gasteiger partial charge >= 0.3 is 0 Å². The molecule has 0 unspecified atom stereocenters. The lowest BCUT2D eigenvalue weighted by molar-refractivity contribution is -0.113. The van der Waals surface area contributed by atoms with Crippen LogP contribution in [0.4, 0.5) is 5.69 Å². The van der Waals surface area contributed by atoms with Crippen LogP contribution in [-0.2, 0) is 4.79 Å². The summed E-state index contributed by atoms with van der Waals surface area (Å²) in [5.74, 6) is 0.839. The second kappa shape index (κ2) is 7.59. The molecule has 0 aromatic heterocycles. The van der Waals surface area contributed by atoms with Gasteiger partial charge in [0, 0.05) is 15.5 Å². The topological polar surface area (TPSA) is 67.4 Å². The fourth-order valence-electron chi connectivity index (χ4n) is 2.19. The van der Waals surface area contributed by atoms with Crippen molar-refractivity contribution < 1.29 is 14.3 Å². The first-order valence-corrected chi connectivity index (χ1v) is 8.71. The van der Waals surface area contributed by atoms with Gasteiger partial charge in [0.15, 0.2) is 0 Å². The average molecular weight is 363 g/mol. The van der Waals surface area contributed by atoms with Crippen molar-refractivity contribution >= 4 is 40.9 Å². The van der Waals surface area contributed by atoms with Crippen LogP contribution in [-0.4, -0.2) is 30.7 Å². The Bertz CT molecular complexity index is 765. The van der Waals surface area contributed by atoms with Crippen molar-refractivity contribution in [3.8, 4) is 5.75 Å². The Morgan fingerprint density at radius 1 is 1.25 bits per heavy atom. The summed E-state index contributed by atoms with van der Waals surface area (Å²) in [6.07, 6.45) is 0. The number of fused-ring (bicyclic) bond motifs is 1. The smallest absolute Gasteiger partial charge is 0.251 e. The molecule has 2 amide bonds. The van der Waals surface area contributed by atoms with E-state index < -0.39 is 0 Å². The van der Waals surface area contributed by atoms with Gasteiger partial charge < -0.3 is 15.4 Å². The number of anilines is 1. The summed E-state index contributed by atoms with van der Waals surface area (Å²) in [6, 6.07) is 12.3. The average Bonchev–Trinajstić information content (AvgIpc) is 2.59. The summed E-state index contributed by atoms with van der Waals surface area (Å²) in [4.78, 5) is 24.6.